The molecule has 0 saturated heterocycles. The Bertz CT molecular complexity index is 1160. The molecule has 0 unspecified atom stereocenters. The van der Waals surface area contributed by atoms with Crippen LogP contribution in [0.15, 0.2) is 77.5 Å². The summed E-state index contributed by atoms with van der Waals surface area (Å²) < 4.78 is 12.4. The largest absolute Gasteiger partial charge is 0.452 e. The lowest BCUT2D eigenvalue weighted by molar-refractivity contribution is -0.121. The second kappa shape index (κ2) is 8.65. The molecular weight excluding hydrogens is 382 g/mol. The molecule has 7 heteroatoms. The van der Waals surface area contributed by atoms with Crippen molar-refractivity contribution in [2.45, 2.75) is 13.5 Å². The van der Waals surface area contributed by atoms with Gasteiger partial charge in [-0.15, -0.1) is 0 Å². The number of ether oxygens (including phenoxy) is 1. The van der Waals surface area contributed by atoms with Gasteiger partial charge in [-0.1, -0.05) is 36.4 Å². The predicted molar refractivity (Wildman–Crippen MR) is 112 cm³/mol. The lowest BCUT2D eigenvalue weighted by atomic mass is 10.1. The molecule has 4 rings (SSSR count). The van der Waals surface area contributed by atoms with Gasteiger partial charge in [0.1, 0.15) is 5.76 Å². The first-order chi connectivity index (χ1) is 14.7. The van der Waals surface area contributed by atoms with Crippen LogP contribution in [0.1, 0.15) is 23.2 Å². The van der Waals surface area contributed by atoms with E-state index in [2.05, 4.69) is 5.10 Å². The number of fused-ring (bicyclic) bond motifs is 1. The van der Waals surface area contributed by atoms with Crippen molar-refractivity contribution in [1.82, 2.24) is 9.78 Å². The summed E-state index contributed by atoms with van der Waals surface area (Å²) in [5.74, 6) is -0.351. The van der Waals surface area contributed by atoms with Gasteiger partial charge in [-0.25, -0.2) is 4.79 Å². The van der Waals surface area contributed by atoms with Gasteiger partial charge in [-0.05, 0) is 36.6 Å². The quantitative estimate of drug-likeness (QED) is 0.438. The van der Waals surface area contributed by atoms with E-state index < -0.39 is 5.97 Å². The zero-order chi connectivity index (χ0) is 20.9. The lowest BCUT2D eigenvalue weighted by Gasteiger charge is -2.22. The number of esters is 1. The van der Waals surface area contributed by atoms with Gasteiger partial charge in [0.25, 0.3) is 5.91 Å². The molecule has 0 aliphatic rings. The zero-order valence-corrected chi connectivity index (χ0v) is 16.5. The monoisotopic (exact) mass is 403 g/mol. The average Bonchev–Trinajstić information content (AvgIpc) is 3.45. The molecule has 0 aliphatic heterocycles. The number of hydrogen-bond acceptors (Lipinski definition) is 5. The summed E-state index contributed by atoms with van der Waals surface area (Å²) in [5, 5.41) is 6.10. The maximum absolute atomic E-state index is 12.8. The van der Waals surface area contributed by atoms with Gasteiger partial charge < -0.3 is 14.1 Å². The zero-order valence-electron chi connectivity index (χ0n) is 16.5. The number of furan rings is 1. The molecule has 2 heterocycles. The van der Waals surface area contributed by atoms with Crippen LogP contribution in [-0.4, -0.2) is 34.8 Å². The number of anilines is 1. The Morgan fingerprint density at radius 3 is 2.70 bits per heavy atom. The Hall–Kier alpha value is -3.87. The Labute approximate surface area is 173 Å². The van der Waals surface area contributed by atoms with Crippen LogP contribution < -0.4 is 4.90 Å². The molecule has 2 aromatic heterocycles. The third-order valence-electron chi connectivity index (χ3n) is 4.74. The van der Waals surface area contributed by atoms with Crippen molar-refractivity contribution in [3.8, 4) is 0 Å². The lowest BCUT2D eigenvalue weighted by Crippen LogP contribution is -2.34. The molecule has 0 N–H and O–H groups in total. The number of hydrogen-bond donors (Lipinski definition) is 0. The number of carbonyl (C=O) groups is 2. The molecule has 4 aromatic rings. The minimum absolute atomic E-state index is 0.0539. The van der Waals surface area contributed by atoms with E-state index >= 15 is 0 Å². The Morgan fingerprint density at radius 1 is 1.07 bits per heavy atom. The molecule has 152 valence electrons. The van der Waals surface area contributed by atoms with E-state index in [1.807, 2.05) is 49.4 Å². The maximum atomic E-state index is 12.8. The molecule has 0 aliphatic carbocycles. The van der Waals surface area contributed by atoms with Gasteiger partial charge in [-0.2, -0.15) is 5.10 Å². The number of nitrogens with zero attached hydrogens (tertiary/aromatic N) is 3. The average molecular weight is 403 g/mol. The van der Waals surface area contributed by atoms with Crippen LogP contribution in [0.4, 0.5) is 5.69 Å². The van der Waals surface area contributed by atoms with Gasteiger partial charge in [0.15, 0.2) is 6.61 Å². The first kappa shape index (κ1) is 19.4. The summed E-state index contributed by atoms with van der Waals surface area (Å²) in [6.45, 7) is 2.38. The predicted octanol–water partition coefficient (Wildman–Crippen LogP) is 3.89. The number of likely N-dealkylation sites (N-methyl/N-ethyl adjacent to an activating group) is 1. The summed E-state index contributed by atoms with van der Waals surface area (Å²) in [7, 11) is 0. The normalized spacial score (nSPS) is 10.8. The standard InChI is InChI=1S/C23H21N3O4/c1-2-26(20-10-5-8-17-7-3-4-9-19(17)20)22(27)16-29-23(28)21-12-11-18(30-21)15-25-14-6-13-24-25/h3-14H,2,15-16H2,1H3. The number of amides is 1. The molecular formula is C23H21N3O4. The second-order valence-corrected chi connectivity index (χ2v) is 6.68. The number of benzene rings is 2. The fourth-order valence-electron chi connectivity index (χ4n) is 3.33. The molecule has 0 saturated carbocycles. The van der Waals surface area contributed by atoms with Crippen LogP contribution in [-0.2, 0) is 16.1 Å². The molecule has 0 atom stereocenters. The summed E-state index contributed by atoms with van der Waals surface area (Å²) in [6.07, 6.45) is 3.46. The molecule has 0 bridgehead atoms. The van der Waals surface area contributed by atoms with E-state index in [1.165, 1.54) is 6.07 Å². The number of carbonyl (C=O) groups excluding carboxylic acids is 2. The van der Waals surface area contributed by atoms with Gasteiger partial charge in [-0.3, -0.25) is 9.48 Å². The minimum Gasteiger partial charge on any atom is -0.452 e. The third-order valence-corrected chi connectivity index (χ3v) is 4.74. The molecule has 1 amide bonds. The van der Waals surface area contributed by atoms with E-state index in [9.17, 15) is 9.59 Å². The highest BCUT2D eigenvalue weighted by Gasteiger charge is 2.20. The van der Waals surface area contributed by atoms with E-state index in [0.29, 0.717) is 18.8 Å². The van der Waals surface area contributed by atoms with Crippen LogP contribution in [0, 0.1) is 0 Å². The van der Waals surface area contributed by atoms with Gasteiger partial charge >= 0.3 is 5.97 Å². The molecule has 2 aromatic carbocycles. The van der Waals surface area contributed by atoms with Crippen LogP contribution in [0.3, 0.4) is 0 Å². The van der Waals surface area contributed by atoms with Crippen molar-refractivity contribution in [3.63, 3.8) is 0 Å². The van der Waals surface area contributed by atoms with E-state index in [-0.39, 0.29) is 18.3 Å². The Morgan fingerprint density at radius 2 is 1.90 bits per heavy atom. The molecule has 0 fully saturated rings. The van der Waals surface area contributed by atoms with E-state index in [0.717, 1.165) is 16.5 Å². The van der Waals surface area contributed by atoms with Crippen molar-refractivity contribution in [3.05, 3.63) is 84.6 Å². The van der Waals surface area contributed by atoms with Crippen molar-refractivity contribution in [2.75, 3.05) is 18.1 Å². The Kier molecular flexibility index (Phi) is 5.61. The van der Waals surface area contributed by atoms with Crippen LogP contribution in [0.5, 0.6) is 0 Å². The minimum atomic E-state index is -0.677. The van der Waals surface area contributed by atoms with Gasteiger partial charge in [0.05, 0.1) is 12.2 Å². The fourth-order valence-corrected chi connectivity index (χ4v) is 3.33. The first-order valence-corrected chi connectivity index (χ1v) is 9.67. The van der Waals surface area contributed by atoms with Crippen LogP contribution in [0.2, 0.25) is 0 Å². The molecule has 0 radical (unpaired) electrons. The number of aromatic nitrogens is 2. The summed E-state index contributed by atoms with van der Waals surface area (Å²) in [5.41, 5.74) is 0.788. The van der Waals surface area contributed by atoms with E-state index in [4.69, 9.17) is 9.15 Å². The SMILES string of the molecule is CCN(C(=O)COC(=O)c1ccc(Cn2cccn2)o1)c1cccc2ccccc12. The highest BCUT2D eigenvalue weighted by molar-refractivity contribution is 6.04. The maximum Gasteiger partial charge on any atom is 0.374 e. The van der Waals surface area contributed by atoms with Gasteiger partial charge in [0, 0.05) is 24.3 Å². The van der Waals surface area contributed by atoms with Crippen molar-refractivity contribution in [2.24, 2.45) is 0 Å². The smallest absolute Gasteiger partial charge is 0.374 e. The number of rotatable bonds is 7. The van der Waals surface area contributed by atoms with Crippen molar-refractivity contribution < 1.29 is 18.7 Å². The highest BCUT2D eigenvalue weighted by Crippen LogP contribution is 2.26. The third kappa shape index (κ3) is 4.10. The topological polar surface area (TPSA) is 77.6 Å². The van der Waals surface area contributed by atoms with Gasteiger partial charge in [0.2, 0.25) is 5.76 Å². The van der Waals surface area contributed by atoms with Crippen LogP contribution >= 0.6 is 0 Å². The highest BCUT2D eigenvalue weighted by atomic mass is 16.5. The second-order valence-electron chi connectivity index (χ2n) is 6.68. The molecule has 0 spiro atoms. The summed E-state index contributed by atoms with van der Waals surface area (Å²) in [6, 6.07) is 18.7. The Balaban J connectivity index is 1.42. The summed E-state index contributed by atoms with van der Waals surface area (Å²) in [4.78, 5) is 26.7. The first-order valence-electron chi connectivity index (χ1n) is 9.67. The molecule has 30 heavy (non-hydrogen) atoms. The van der Waals surface area contributed by atoms with Crippen molar-refractivity contribution in [1.29, 1.82) is 0 Å². The van der Waals surface area contributed by atoms with Crippen LogP contribution in [0.25, 0.3) is 10.8 Å². The fraction of sp³-hybridized carbons (Fsp3) is 0.174. The molecule has 7 nitrogen and oxygen atoms in total. The summed E-state index contributed by atoms with van der Waals surface area (Å²) >= 11 is 0. The van der Waals surface area contributed by atoms with E-state index in [1.54, 1.807) is 34.1 Å². The van der Waals surface area contributed by atoms with Crippen molar-refractivity contribution >= 4 is 28.3 Å².